The molecule has 24 heavy (non-hydrogen) atoms. The number of carbonyl (C=O) groups is 1. The topological polar surface area (TPSA) is 59.6 Å². The summed E-state index contributed by atoms with van der Waals surface area (Å²) in [6.45, 7) is 2.90. The second-order valence-electron chi connectivity index (χ2n) is 5.30. The molecule has 0 saturated heterocycles. The number of methoxy groups -OCH3 is 1. The molecule has 5 nitrogen and oxygen atoms in total. The van der Waals surface area contributed by atoms with Crippen molar-refractivity contribution in [2.45, 2.75) is 19.8 Å². The van der Waals surface area contributed by atoms with Crippen LogP contribution in [0.5, 0.6) is 11.5 Å². The van der Waals surface area contributed by atoms with Crippen LogP contribution in [0, 0.1) is 0 Å². The van der Waals surface area contributed by atoms with Gasteiger partial charge in [-0.2, -0.15) is 0 Å². The molecule has 0 heterocycles. The van der Waals surface area contributed by atoms with Gasteiger partial charge in [0.25, 0.3) is 0 Å². The summed E-state index contributed by atoms with van der Waals surface area (Å²) in [7, 11) is 1.60. The van der Waals surface area contributed by atoms with Gasteiger partial charge in [0.2, 0.25) is 5.91 Å². The highest BCUT2D eigenvalue weighted by atomic mass is 16.5. The SMILES string of the molecule is CCCCOc1ccccc1NC(=O)CNc1ccccc1OC. The van der Waals surface area contributed by atoms with Crippen molar-refractivity contribution in [3.63, 3.8) is 0 Å². The summed E-state index contributed by atoms with van der Waals surface area (Å²) in [4.78, 5) is 12.2. The van der Waals surface area contributed by atoms with Crippen molar-refractivity contribution in [3.8, 4) is 11.5 Å². The lowest BCUT2D eigenvalue weighted by molar-refractivity contribution is -0.114. The van der Waals surface area contributed by atoms with E-state index >= 15 is 0 Å². The molecule has 0 aliphatic heterocycles. The van der Waals surface area contributed by atoms with Crippen LogP contribution >= 0.6 is 0 Å². The summed E-state index contributed by atoms with van der Waals surface area (Å²) in [6, 6.07) is 14.9. The van der Waals surface area contributed by atoms with Crippen LogP contribution in [0.25, 0.3) is 0 Å². The molecule has 2 rings (SSSR count). The Morgan fingerprint density at radius 3 is 2.38 bits per heavy atom. The van der Waals surface area contributed by atoms with Crippen LogP contribution in [-0.2, 0) is 4.79 Å². The van der Waals surface area contributed by atoms with Gasteiger partial charge < -0.3 is 20.1 Å². The van der Waals surface area contributed by atoms with Gasteiger partial charge in [0, 0.05) is 0 Å². The average Bonchev–Trinajstić information content (AvgIpc) is 2.62. The van der Waals surface area contributed by atoms with Crippen LogP contribution in [0.1, 0.15) is 19.8 Å². The van der Waals surface area contributed by atoms with Crippen molar-refractivity contribution in [2.24, 2.45) is 0 Å². The minimum Gasteiger partial charge on any atom is -0.495 e. The van der Waals surface area contributed by atoms with Crippen LogP contribution in [0.4, 0.5) is 11.4 Å². The van der Waals surface area contributed by atoms with Crippen molar-refractivity contribution in [1.29, 1.82) is 0 Å². The van der Waals surface area contributed by atoms with Crippen LogP contribution in [0.3, 0.4) is 0 Å². The molecule has 0 aromatic heterocycles. The van der Waals surface area contributed by atoms with Gasteiger partial charge in [-0.05, 0) is 30.7 Å². The van der Waals surface area contributed by atoms with Gasteiger partial charge in [0.15, 0.2) is 0 Å². The van der Waals surface area contributed by atoms with Gasteiger partial charge in [-0.3, -0.25) is 4.79 Å². The largest absolute Gasteiger partial charge is 0.495 e. The zero-order valence-electron chi connectivity index (χ0n) is 14.2. The highest BCUT2D eigenvalue weighted by Gasteiger charge is 2.08. The molecule has 1 amide bonds. The number of nitrogens with one attached hydrogen (secondary N) is 2. The third-order valence-electron chi connectivity index (χ3n) is 3.46. The molecule has 0 aliphatic rings. The van der Waals surface area contributed by atoms with Crippen molar-refractivity contribution in [1.82, 2.24) is 0 Å². The number of benzene rings is 2. The van der Waals surface area contributed by atoms with E-state index in [-0.39, 0.29) is 12.5 Å². The molecule has 0 saturated carbocycles. The third kappa shape index (κ3) is 5.19. The van der Waals surface area contributed by atoms with E-state index in [0.717, 1.165) is 18.5 Å². The average molecular weight is 328 g/mol. The monoisotopic (exact) mass is 328 g/mol. The fraction of sp³-hybridized carbons (Fsp3) is 0.316. The summed E-state index contributed by atoms with van der Waals surface area (Å²) in [5.74, 6) is 1.25. The Morgan fingerprint density at radius 1 is 1.00 bits per heavy atom. The lowest BCUT2D eigenvalue weighted by Crippen LogP contribution is -2.22. The standard InChI is InChI=1S/C19H24N2O3/c1-3-4-13-24-18-12-8-6-10-16(18)21-19(22)14-20-15-9-5-7-11-17(15)23-2/h5-12,20H,3-4,13-14H2,1-2H3,(H,21,22). The number of anilines is 2. The van der Waals surface area contributed by atoms with E-state index < -0.39 is 0 Å². The number of ether oxygens (including phenoxy) is 2. The molecule has 2 aromatic carbocycles. The highest BCUT2D eigenvalue weighted by molar-refractivity contribution is 5.95. The Balaban J connectivity index is 1.92. The maximum Gasteiger partial charge on any atom is 0.243 e. The van der Waals surface area contributed by atoms with E-state index in [0.29, 0.717) is 23.8 Å². The number of carbonyl (C=O) groups excluding carboxylic acids is 1. The molecule has 0 unspecified atom stereocenters. The number of hydrogen-bond acceptors (Lipinski definition) is 4. The number of para-hydroxylation sites is 4. The van der Waals surface area contributed by atoms with Crippen molar-refractivity contribution >= 4 is 17.3 Å². The quantitative estimate of drug-likeness (QED) is 0.685. The Hall–Kier alpha value is -2.69. The first kappa shape index (κ1) is 17.7. The maximum absolute atomic E-state index is 12.2. The fourth-order valence-corrected chi connectivity index (χ4v) is 2.18. The summed E-state index contributed by atoms with van der Waals surface area (Å²) in [6.07, 6.45) is 2.05. The predicted molar refractivity (Wildman–Crippen MR) is 97.0 cm³/mol. The zero-order chi connectivity index (χ0) is 17.2. The van der Waals surface area contributed by atoms with E-state index in [4.69, 9.17) is 9.47 Å². The molecule has 0 aliphatic carbocycles. The van der Waals surface area contributed by atoms with E-state index in [9.17, 15) is 4.79 Å². The van der Waals surface area contributed by atoms with Gasteiger partial charge in [0.1, 0.15) is 11.5 Å². The minimum absolute atomic E-state index is 0.143. The van der Waals surface area contributed by atoms with Gasteiger partial charge >= 0.3 is 0 Å². The molecule has 2 N–H and O–H groups in total. The predicted octanol–water partition coefficient (Wildman–Crippen LogP) is 3.92. The number of unbranched alkanes of at least 4 members (excludes halogenated alkanes) is 1. The molecule has 5 heteroatoms. The van der Waals surface area contributed by atoms with Gasteiger partial charge in [-0.1, -0.05) is 37.6 Å². The molecule has 0 fully saturated rings. The molecule has 0 bridgehead atoms. The number of rotatable bonds is 9. The molecular formula is C19H24N2O3. The molecule has 0 atom stereocenters. The van der Waals surface area contributed by atoms with Gasteiger partial charge in [-0.15, -0.1) is 0 Å². The van der Waals surface area contributed by atoms with Crippen LogP contribution in [0.2, 0.25) is 0 Å². The summed E-state index contributed by atoms with van der Waals surface area (Å²) < 4.78 is 11.0. The van der Waals surface area contributed by atoms with Crippen molar-refractivity contribution < 1.29 is 14.3 Å². The van der Waals surface area contributed by atoms with E-state index in [1.54, 1.807) is 7.11 Å². The van der Waals surface area contributed by atoms with Crippen LogP contribution < -0.4 is 20.1 Å². The van der Waals surface area contributed by atoms with Crippen LogP contribution in [-0.4, -0.2) is 26.2 Å². The molecule has 0 spiro atoms. The van der Waals surface area contributed by atoms with E-state index in [2.05, 4.69) is 17.6 Å². The second kappa shape index (κ2) is 9.45. The third-order valence-corrected chi connectivity index (χ3v) is 3.46. The lowest BCUT2D eigenvalue weighted by atomic mass is 10.2. The fourth-order valence-electron chi connectivity index (χ4n) is 2.18. The zero-order valence-corrected chi connectivity index (χ0v) is 14.2. The van der Waals surface area contributed by atoms with Crippen molar-refractivity contribution in [3.05, 3.63) is 48.5 Å². The first-order chi connectivity index (χ1) is 11.7. The summed E-state index contributed by atoms with van der Waals surface area (Å²) >= 11 is 0. The smallest absolute Gasteiger partial charge is 0.243 e. The molecular weight excluding hydrogens is 304 g/mol. The first-order valence-electron chi connectivity index (χ1n) is 8.13. The Bertz CT molecular complexity index is 659. The minimum atomic E-state index is -0.146. The molecule has 128 valence electrons. The summed E-state index contributed by atoms with van der Waals surface area (Å²) in [5, 5.41) is 5.96. The maximum atomic E-state index is 12.2. The number of amides is 1. The van der Waals surface area contributed by atoms with Gasteiger partial charge in [-0.25, -0.2) is 0 Å². The Labute approximate surface area is 143 Å². The van der Waals surface area contributed by atoms with E-state index in [1.807, 2.05) is 48.5 Å². The molecule has 0 radical (unpaired) electrons. The second-order valence-corrected chi connectivity index (χ2v) is 5.30. The van der Waals surface area contributed by atoms with Crippen LogP contribution in [0.15, 0.2) is 48.5 Å². The Kier molecular flexibility index (Phi) is 6.95. The molecule has 2 aromatic rings. The Morgan fingerprint density at radius 2 is 1.67 bits per heavy atom. The highest BCUT2D eigenvalue weighted by Crippen LogP contribution is 2.25. The normalized spacial score (nSPS) is 10.1. The number of hydrogen-bond donors (Lipinski definition) is 2. The lowest BCUT2D eigenvalue weighted by Gasteiger charge is -2.13. The summed E-state index contributed by atoms with van der Waals surface area (Å²) in [5.41, 5.74) is 1.46. The van der Waals surface area contributed by atoms with Crippen molar-refractivity contribution in [2.75, 3.05) is 30.9 Å². The van der Waals surface area contributed by atoms with Gasteiger partial charge in [0.05, 0.1) is 31.6 Å². The van der Waals surface area contributed by atoms with E-state index in [1.165, 1.54) is 0 Å². The first-order valence-corrected chi connectivity index (χ1v) is 8.13.